The van der Waals surface area contributed by atoms with Crippen molar-refractivity contribution in [1.82, 2.24) is 15.0 Å². The minimum Gasteiger partial charge on any atom is -0.247 e. The highest BCUT2D eigenvalue weighted by Crippen LogP contribution is 2.47. The van der Waals surface area contributed by atoms with Crippen molar-refractivity contribution in [3.05, 3.63) is 199 Å². The van der Waals surface area contributed by atoms with Crippen LogP contribution in [-0.2, 0) is 6.42 Å². The summed E-state index contributed by atoms with van der Waals surface area (Å²) >= 11 is 0. The van der Waals surface area contributed by atoms with Gasteiger partial charge in [-0.3, -0.25) is 0 Å². The van der Waals surface area contributed by atoms with Crippen LogP contribution < -0.4 is 0 Å². The van der Waals surface area contributed by atoms with Crippen LogP contribution >= 0.6 is 0 Å². The van der Waals surface area contributed by atoms with Crippen LogP contribution in [0.3, 0.4) is 0 Å². The maximum atomic E-state index is 5.41. The van der Waals surface area contributed by atoms with Gasteiger partial charge in [-0.1, -0.05) is 164 Å². The van der Waals surface area contributed by atoms with Gasteiger partial charge in [0.25, 0.3) is 0 Å². The molecule has 3 heteroatoms. The molecule has 53 heavy (non-hydrogen) atoms. The number of pyridine rings is 1. The van der Waals surface area contributed by atoms with Crippen molar-refractivity contribution in [1.29, 1.82) is 0 Å². The fraction of sp³-hybridized carbons (Fsp3) is 0.0600. The number of rotatable bonds is 5. The fourth-order valence-corrected chi connectivity index (χ4v) is 8.15. The molecule has 0 saturated carbocycles. The molecule has 0 fully saturated rings. The lowest BCUT2D eigenvalue weighted by Gasteiger charge is -2.19. The molecular weight excluding hydrogens is 643 g/mol. The van der Waals surface area contributed by atoms with Gasteiger partial charge in [0.2, 0.25) is 0 Å². The van der Waals surface area contributed by atoms with Crippen molar-refractivity contribution < 1.29 is 0 Å². The Bertz CT molecular complexity index is 2700. The van der Waals surface area contributed by atoms with E-state index in [0.29, 0.717) is 0 Å². The summed E-state index contributed by atoms with van der Waals surface area (Å²) in [6, 6.07) is 64.8. The standard InChI is InChI=1S/C50H35N3/c1-4-14-34(15-5-1)45-32-46(35-16-6-2-7-17-35)53-50(52-45)37-26-24-33(25-27-37)40-28-29-43-48(42-23-13-12-22-41(40)42)44-30-38-20-10-11-21-39(38)31-47(44)51-49(43)36-18-8-3-9-19-36/h1-27,30-32,40H,28-29H2. The molecule has 0 bridgehead atoms. The van der Waals surface area contributed by atoms with Crippen molar-refractivity contribution in [2.45, 2.75) is 18.8 Å². The minimum atomic E-state index is 0.211. The smallest absolute Gasteiger partial charge is 0.160 e. The Morgan fingerprint density at radius 3 is 1.68 bits per heavy atom. The molecule has 250 valence electrons. The summed E-state index contributed by atoms with van der Waals surface area (Å²) in [6.07, 6.45) is 1.89. The number of fused-ring (bicyclic) bond motifs is 6. The highest BCUT2D eigenvalue weighted by Gasteiger charge is 2.28. The van der Waals surface area contributed by atoms with Gasteiger partial charge >= 0.3 is 0 Å². The topological polar surface area (TPSA) is 38.7 Å². The molecule has 2 aromatic heterocycles. The van der Waals surface area contributed by atoms with E-state index in [1.165, 1.54) is 44.0 Å². The first kappa shape index (κ1) is 31.1. The molecule has 0 N–H and O–H groups in total. The second-order valence-corrected chi connectivity index (χ2v) is 13.9. The molecular formula is C50H35N3. The molecule has 1 aliphatic rings. The monoisotopic (exact) mass is 677 g/mol. The summed E-state index contributed by atoms with van der Waals surface area (Å²) in [7, 11) is 0. The lowest BCUT2D eigenvalue weighted by molar-refractivity contribution is 0.725. The summed E-state index contributed by atoms with van der Waals surface area (Å²) in [6.45, 7) is 0. The zero-order chi connectivity index (χ0) is 35.1. The Labute approximate surface area is 309 Å². The third-order valence-electron chi connectivity index (χ3n) is 10.7. The predicted octanol–water partition coefficient (Wildman–Crippen LogP) is 12.6. The third kappa shape index (κ3) is 5.68. The molecule has 0 radical (unpaired) electrons. The zero-order valence-electron chi connectivity index (χ0n) is 29.2. The number of aromatic nitrogens is 3. The zero-order valence-corrected chi connectivity index (χ0v) is 29.2. The highest BCUT2D eigenvalue weighted by atomic mass is 14.9. The van der Waals surface area contributed by atoms with Crippen LogP contribution in [0.2, 0.25) is 0 Å². The van der Waals surface area contributed by atoms with Crippen molar-refractivity contribution in [3.63, 3.8) is 0 Å². The average molecular weight is 678 g/mol. The van der Waals surface area contributed by atoms with Crippen LogP contribution in [0.15, 0.2) is 182 Å². The van der Waals surface area contributed by atoms with E-state index < -0.39 is 0 Å². The molecule has 3 nitrogen and oxygen atoms in total. The summed E-state index contributed by atoms with van der Waals surface area (Å²) < 4.78 is 0. The molecule has 0 spiro atoms. The van der Waals surface area contributed by atoms with Gasteiger partial charge in [-0.05, 0) is 69.6 Å². The normalized spacial score (nSPS) is 13.7. The highest BCUT2D eigenvalue weighted by molar-refractivity contribution is 6.06. The molecule has 0 aliphatic heterocycles. The molecule has 10 rings (SSSR count). The molecule has 1 aliphatic carbocycles. The van der Waals surface area contributed by atoms with E-state index in [1.54, 1.807) is 0 Å². The van der Waals surface area contributed by atoms with Gasteiger partial charge in [-0.25, -0.2) is 15.0 Å². The molecule has 9 aromatic rings. The Hall–Kier alpha value is -6.71. The maximum Gasteiger partial charge on any atom is 0.160 e. The van der Waals surface area contributed by atoms with Gasteiger partial charge in [-0.15, -0.1) is 0 Å². The van der Waals surface area contributed by atoms with Crippen LogP contribution in [0.5, 0.6) is 0 Å². The fourth-order valence-electron chi connectivity index (χ4n) is 8.15. The van der Waals surface area contributed by atoms with Gasteiger partial charge in [0, 0.05) is 33.6 Å². The minimum absolute atomic E-state index is 0.211. The summed E-state index contributed by atoms with van der Waals surface area (Å²) in [5.41, 5.74) is 14.8. The first-order chi connectivity index (χ1) is 26.3. The maximum absolute atomic E-state index is 5.41. The molecule has 0 amide bonds. The van der Waals surface area contributed by atoms with Crippen LogP contribution in [0.25, 0.3) is 78.0 Å². The van der Waals surface area contributed by atoms with E-state index in [-0.39, 0.29) is 5.92 Å². The van der Waals surface area contributed by atoms with Gasteiger partial charge in [-0.2, -0.15) is 0 Å². The first-order valence-electron chi connectivity index (χ1n) is 18.4. The number of nitrogens with zero attached hydrogens (tertiary/aromatic N) is 3. The van der Waals surface area contributed by atoms with Crippen LogP contribution in [0.1, 0.15) is 29.0 Å². The van der Waals surface area contributed by atoms with Crippen LogP contribution in [0.4, 0.5) is 0 Å². The second kappa shape index (κ2) is 13.1. The molecule has 7 aromatic carbocycles. The quantitative estimate of drug-likeness (QED) is 0.170. The van der Waals surface area contributed by atoms with Crippen molar-refractivity contribution in [3.8, 4) is 56.3 Å². The van der Waals surface area contributed by atoms with Gasteiger partial charge in [0.15, 0.2) is 5.82 Å². The van der Waals surface area contributed by atoms with E-state index in [2.05, 4.69) is 170 Å². The molecule has 2 heterocycles. The first-order valence-corrected chi connectivity index (χ1v) is 18.4. The van der Waals surface area contributed by atoms with Crippen molar-refractivity contribution in [2.75, 3.05) is 0 Å². The SMILES string of the molecule is c1ccc(-c2cc(-c3ccccc3)nc(-c3ccc(C4CCc5c(-c6ccccc6)nc6cc7ccccc7cc6c5-c5ccccc54)cc3)n2)cc1. The number of hydrogen-bond donors (Lipinski definition) is 0. The lowest BCUT2D eigenvalue weighted by atomic mass is 9.85. The van der Waals surface area contributed by atoms with E-state index in [1.807, 2.05) is 12.1 Å². The Balaban J connectivity index is 1.10. The molecule has 0 saturated heterocycles. The Morgan fingerprint density at radius 2 is 1.02 bits per heavy atom. The van der Waals surface area contributed by atoms with Crippen molar-refractivity contribution >= 4 is 21.7 Å². The Kier molecular flexibility index (Phi) is 7.69. The number of benzene rings is 7. The van der Waals surface area contributed by atoms with Crippen LogP contribution in [-0.4, -0.2) is 15.0 Å². The van der Waals surface area contributed by atoms with Gasteiger partial charge in [0.1, 0.15) is 0 Å². The molecule has 1 unspecified atom stereocenters. The lowest BCUT2D eigenvalue weighted by Crippen LogP contribution is -2.03. The molecule has 1 atom stereocenters. The summed E-state index contributed by atoms with van der Waals surface area (Å²) in [4.78, 5) is 15.6. The Morgan fingerprint density at radius 1 is 0.453 bits per heavy atom. The number of hydrogen-bond acceptors (Lipinski definition) is 3. The average Bonchev–Trinajstić information content (AvgIpc) is 3.41. The summed E-state index contributed by atoms with van der Waals surface area (Å²) in [5, 5.41) is 3.66. The largest absolute Gasteiger partial charge is 0.247 e. The third-order valence-corrected chi connectivity index (χ3v) is 10.7. The van der Waals surface area contributed by atoms with E-state index in [4.69, 9.17) is 15.0 Å². The predicted molar refractivity (Wildman–Crippen MR) is 219 cm³/mol. The van der Waals surface area contributed by atoms with Crippen molar-refractivity contribution in [2.24, 2.45) is 0 Å². The summed E-state index contributed by atoms with van der Waals surface area (Å²) in [5.74, 6) is 0.936. The van der Waals surface area contributed by atoms with Gasteiger partial charge in [0.05, 0.1) is 22.6 Å². The second-order valence-electron chi connectivity index (χ2n) is 13.9. The van der Waals surface area contributed by atoms with Gasteiger partial charge < -0.3 is 0 Å². The van der Waals surface area contributed by atoms with E-state index in [0.717, 1.165) is 63.5 Å². The van der Waals surface area contributed by atoms with Crippen LogP contribution in [0, 0.1) is 0 Å². The van der Waals surface area contributed by atoms with E-state index in [9.17, 15) is 0 Å². The van der Waals surface area contributed by atoms with E-state index >= 15 is 0 Å².